The van der Waals surface area contributed by atoms with Crippen LogP contribution < -0.4 is 4.90 Å². The molecule has 0 N–H and O–H groups in total. The second-order valence-electron chi connectivity index (χ2n) is 4.40. The molecule has 0 spiro atoms. The van der Waals surface area contributed by atoms with Crippen LogP contribution in [0.3, 0.4) is 0 Å². The number of aromatic nitrogens is 1. The van der Waals surface area contributed by atoms with E-state index in [4.69, 9.17) is 0 Å². The number of hydrogen-bond acceptors (Lipinski definition) is 3. The molecule has 1 aromatic heterocycles. The van der Waals surface area contributed by atoms with Crippen LogP contribution in [-0.4, -0.2) is 24.4 Å². The Hall–Kier alpha value is -1.90. The van der Waals surface area contributed by atoms with Gasteiger partial charge in [-0.1, -0.05) is 24.3 Å². The number of hydrogen-bond donors (Lipinski definition) is 0. The van der Waals surface area contributed by atoms with Gasteiger partial charge in [0.2, 0.25) is 0 Å². The molecule has 0 saturated carbocycles. The standard InChI is InChI=1S/C14H14N2O/c17-10-13-12-6-2-1-5-11(12)9-14(15-13)16-7-3-4-8-16/h1-2,5-6,9-10H,3-4,7-8H2. The van der Waals surface area contributed by atoms with Crippen LogP contribution >= 0.6 is 0 Å². The lowest BCUT2D eigenvalue weighted by atomic mass is 10.1. The number of carbonyl (C=O) groups excluding carboxylic acids is 1. The molecular weight excluding hydrogens is 212 g/mol. The average molecular weight is 226 g/mol. The summed E-state index contributed by atoms with van der Waals surface area (Å²) in [5.41, 5.74) is 0.546. The molecule has 0 atom stereocenters. The van der Waals surface area contributed by atoms with E-state index in [1.165, 1.54) is 12.8 Å². The zero-order valence-corrected chi connectivity index (χ0v) is 9.60. The molecule has 2 heterocycles. The van der Waals surface area contributed by atoms with Gasteiger partial charge in [-0.25, -0.2) is 4.98 Å². The van der Waals surface area contributed by atoms with E-state index in [9.17, 15) is 4.79 Å². The summed E-state index contributed by atoms with van der Waals surface area (Å²) in [6, 6.07) is 9.98. The molecule has 2 aromatic rings. The summed E-state index contributed by atoms with van der Waals surface area (Å²) >= 11 is 0. The minimum atomic E-state index is 0.546. The molecule has 1 fully saturated rings. The summed E-state index contributed by atoms with van der Waals surface area (Å²) < 4.78 is 0. The number of benzene rings is 1. The Morgan fingerprint density at radius 1 is 1.18 bits per heavy atom. The first kappa shape index (κ1) is 10.3. The maximum Gasteiger partial charge on any atom is 0.169 e. The zero-order chi connectivity index (χ0) is 11.7. The van der Waals surface area contributed by atoms with Crippen molar-refractivity contribution < 1.29 is 4.79 Å². The van der Waals surface area contributed by atoms with Crippen molar-refractivity contribution in [2.75, 3.05) is 18.0 Å². The Balaban J connectivity index is 2.17. The molecular formula is C14H14N2O. The predicted molar refractivity (Wildman–Crippen MR) is 68.6 cm³/mol. The number of rotatable bonds is 2. The Morgan fingerprint density at radius 3 is 2.71 bits per heavy atom. The first-order valence-electron chi connectivity index (χ1n) is 5.98. The van der Waals surface area contributed by atoms with Gasteiger partial charge in [0.15, 0.2) is 6.29 Å². The molecule has 1 aromatic carbocycles. The highest BCUT2D eigenvalue weighted by molar-refractivity contribution is 5.97. The zero-order valence-electron chi connectivity index (χ0n) is 9.60. The van der Waals surface area contributed by atoms with Crippen LogP contribution in [0, 0.1) is 0 Å². The lowest BCUT2D eigenvalue weighted by molar-refractivity contribution is 0.112. The molecule has 1 aliphatic rings. The topological polar surface area (TPSA) is 33.2 Å². The Bertz CT molecular complexity index is 559. The molecule has 3 nitrogen and oxygen atoms in total. The van der Waals surface area contributed by atoms with Gasteiger partial charge in [-0.05, 0) is 24.3 Å². The predicted octanol–water partition coefficient (Wildman–Crippen LogP) is 2.65. The second-order valence-corrected chi connectivity index (χ2v) is 4.40. The van der Waals surface area contributed by atoms with E-state index in [1.807, 2.05) is 24.3 Å². The van der Waals surface area contributed by atoms with Gasteiger partial charge < -0.3 is 4.90 Å². The third-order valence-electron chi connectivity index (χ3n) is 3.30. The van der Waals surface area contributed by atoms with Crippen molar-refractivity contribution in [3.8, 4) is 0 Å². The minimum Gasteiger partial charge on any atom is -0.357 e. The van der Waals surface area contributed by atoms with E-state index in [2.05, 4.69) is 16.0 Å². The quantitative estimate of drug-likeness (QED) is 0.738. The van der Waals surface area contributed by atoms with Crippen LogP contribution in [0.1, 0.15) is 23.3 Å². The van der Waals surface area contributed by atoms with Crippen LogP contribution in [0.5, 0.6) is 0 Å². The molecule has 0 amide bonds. The van der Waals surface area contributed by atoms with Crippen molar-refractivity contribution in [2.24, 2.45) is 0 Å². The highest BCUT2D eigenvalue weighted by atomic mass is 16.1. The van der Waals surface area contributed by atoms with Gasteiger partial charge in [-0.3, -0.25) is 4.79 Å². The molecule has 1 saturated heterocycles. The number of aldehydes is 1. The fraction of sp³-hybridized carbons (Fsp3) is 0.286. The molecule has 0 bridgehead atoms. The monoisotopic (exact) mass is 226 g/mol. The lowest BCUT2D eigenvalue weighted by Gasteiger charge is -2.17. The van der Waals surface area contributed by atoms with E-state index < -0.39 is 0 Å². The summed E-state index contributed by atoms with van der Waals surface area (Å²) in [5.74, 6) is 0.934. The van der Waals surface area contributed by atoms with Crippen molar-refractivity contribution >= 4 is 22.9 Å². The van der Waals surface area contributed by atoms with E-state index in [1.54, 1.807) is 0 Å². The molecule has 3 rings (SSSR count). The van der Waals surface area contributed by atoms with Gasteiger partial charge >= 0.3 is 0 Å². The molecule has 1 aliphatic heterocycles. The summed E-state index contributed by atoms with van der Waals surface area (Å²) in [5, 5.41) is 2.02. The maximum atomic E-state index is 11.1. The molecule has 0 unspecified atom stereocenters. The van der Waals surface area contributed by atoms with Crippen molar-refractivity contribution in [3.63, 3.8) is 0 Å². The summed E-state index contributed by atoms with van der Waals surface area (Å²) in [6.45, 7) is 2.09. The van der Waals surface area contributed by atoms with Gasteiger partial charge in [0.1, 0.15) is 11.5 Å². The van der Waals surface area contributed by atoms with Crippen molar-refractivity contribution in [3.05, 3.63) is 36.0 Å². The molecule has 3 heteroatoms. The second kappa shape index (κ2) is 4.17. The van der Waals surface area contributed by atoms with E-state index in [-0.39, 0.29) is 0 Å². The number of carbonyl (C=O) groups is 1. The summed E-state index contributed by atoms with van der Waals surface area (Å²) in [6.07, 6.45) is 3.28. The minimum absolute atomic E-state index is 0.546. The lowest BCUT2D eigenvalue weighted by Crippen LogP contribution is -2.19. The van der Waals surface area contributed by atoms with Crippen molar-refractivity contribution in [2.45, 2.75) is 12.8 Å². The molecule has 17 heavy (non-hydrogen) atoms. The Labute approximate surface area is 100 Å². The number of pyridine rings is 1. The fourth-order valence-electron chi connectivity index (χ4n) is 2.41. The fourth-order valence-corrected chi connectivity index (χ4v) is 2.41. The first-order valence-corrected chi connectivity index (χ1v) is 5.98. The largest absolute Gasteiger partial charge is 0.357 e. The smallest absolute Gasteiger partial charge is 0.169 e. The van der Waals surface area contributed by atoms with Crippen LogP contribution in [0.4, 0.5) is 5.82 Å². The van der Waals surface area contributed by atoms with Gasteiger partial charge in [0.25, 0.3) is 0 Å². The molecule has 86 valence electrons. The van der Waals surface area contributed by atoms with Crippen LogP contribution in [0.15, 0.2) is 30.3 Å². The number of anilines is 1. The molecule has 0 aliphatic carbocycles. The van der Waals surface area contributed by atoms with Crippen LogP contribution in [0.25, 0.3) is 10.8 Å². The summed E-state index contributed by atoms with van der Waals surface area (Å²) in [7, 11) is 0. The van der Waals surface area contributed by atoms with Gasteiger partial charge in [-0.15, -0.1) is 0 Å². The number of fused-ring (bicyclic) bond motifs is 1. The van der Waals surface area contributed by atoms with Crippen LogP contribution in [0.2, 0.25) is 0 Å². The highest BCUT2D eigenvalue weighted by Crippen LogP contribution is 2.24. The average Bonchev–Trinajstić information content (AvgIpc) is 2.91. The van der Waals surface area contributed by atoms with E-state index in [0.717, 1.165) is 36.0 Å². The maximum absolute atomic E-state index is 11.1. The Morgan fingerprint density at radius 2 is 1.94 bits per heavy atom. The van der Waals surface area contributed by atoms with Crippen molar-refractivity contribution in [1.29, 1.82) is 0 Å². The van der Waals surface area contributed by atoms with E-state index in [0.29, 0.717) is 5.69 Å². The third kappa shape index (κ3) is 1.78. The van der Waals surface area contributed by atoms with Gasteiger partial charge in [-0.2, -0.15) is 0 Å². The summed E-state index contributed by atoms with van der Waals surface area (Å²) in [4.78, 5) is 17.8. The van der Waals surface area contributed by atoms with Gasteiger partial charge in [0.05, 0.1) is 0 Å². The SMILES string of the molecule is O=Cc1nc(N2CCCC2)cc2ccccc12. The first-order chi connectivity index (χ1) is 8.38. The number of nitrogens with zero attached hydrogens (tertiary/aromatic N) is 2. The van der Waals surface area contributed by atoms with Crippen LogP contribution in [-0.2, 0) is 0 Å². The Kier molecular flexibility index (Phi) is 2.52. The third-order valence-corrected chi connectivity index (χ3v) is 3.30. The van der Waals surface area contributed by atoms with E-state index >= 15 is 0 Å². The highest BCUT2D eigenvalue weighted by Gasteiger charge is 2.15. The van der Waals surface area contributed by atoms with Crippen molar-refractivity contribution in [1.82, 2.24) is 4.98 Å². The molecule has 0 radical (unpaired) electrons. The normalized spacial score (nSPS) is 15.4. The van der Waals surface area contributed by atoms with Gasteiger partial charge in [0, 0.05) is 18.5 Å².